The van der Waals surface area contributed by atoms with Crippen molar-refractivity contribution < 1.29 is 4.74 Å². The zero-order chi connectivity index (χ0) is 19.6. The maximum atomic E-state index is 9.22. The third-order valence-corrected chi connectivity index (χ3v) is 5.69. The van der Waals surface area contributed by atoms with Crippen LogP contribution in [0.15, 0.2) is 34.3 Å². The molecule has 0 saturated carbocycles. The normalized spacial score (nSPS) is 19.3. The smallest absolute Gasteiger partial charge is 0.272 e. The number of hydrogen-bond acceptors (Lipinski definition) is 5. The minimum Gasteiger partial charge on any atom is -0.496 e. The summed E-state index contributed by atoms with van der Waals surface area (Å²) in [5.74, 6) is 0.381. The Morgan fingerprint density at radius 2 is 2.15 bits per heavy atom. The highest BCUT2D eigenvalue weighted by Crippen LogP contribution is 2.46. The minimum absolute atomic E-state index is 0.233. The van der Waals surface area contributed by atoms with E-state index in [1.165, 1.54) is 0 Å². The molecule has 2 atom stereocenters. The molecule has 2 unspecified atom stereocenters. The van der Waals surface area contributed by atoms with E-state index >= 15 is 0 Å². The molecule has 136 valence electrons. The molecule has 2 heterocycles. The molecule has 0 aliphatic carbocycles. The molecule has 0 saturated heterocycles. The van der Waals surface area contributed by atoms with E-state index in [0.29, 0.717) is 11.3 Å². The van der Waals surface area contributed by atoms with Crippen LogP contribution in [0, 0.1) is 24.8 Å². The quantitative estimate of drug-likeness (QED) is 0.706. The van der Waals surface area contributed by atoms with E-state index in [1.54, 1.807) is 30.6 Å². The predicted octanol–water partition coefficient (Wildman–Crippen LogP) is 5.00. The van der Waals surface area contributed by atoms with Crippen molar-refractivity contribution in [3.63, 3.8) is 0 Å². The standard InChI is InChI=1S/C21H20N4OS/c1-6-16-19(21-24-12(2)11-27-21)18(20(23-4)13(3)25-16)15-8-7-14(10-22)9-17(15)26-5/h7-9,11,18,20H,6H2,1-3,5H3. The van der Waals surface area contributed by atoms with E-state index in [-0.39, 0.29) is 5.92 Å². The SMILES string of the molecule is [C-]#[N+]C1C(C)=NC(CC)=C(c2nc(C)cs2)C1c1ccc(C#N)cc1OC. The fourth-order valence-corrected chi connectivity index (χ4v) is 4.36. The van der Waals surface area contributed by atoms with Crippen molar-refractivity contribution in [2.45, 2.75) is 39.2 Å². The number of hydrogen-bond donors (Lipinski definition) is 0. The number of aryl methyl sites for hydroxylation is 1. The van der Waals surface area contributed by atoms with Crippen molar-refractivity contribution in [1.29, 1.82) is 5.26 Å². The summed E-state index contributed by atoms with van der Waals surface area (Å²) in [7, 11) is 1.59. The third-order valence-electron chi connectivity index (χ3n) is 4.70. The summed E-state index contributed by atoms with van der Waals surface area (Å²) in [4.78, 5) is 13.3. The summed E-state index contributed by atoms with van der Waals surface area (Å²) in [5, 5.41) is 12.1. The zero-order valence-corrected chi connectivity index (χ0v) is 16.6. The number of aliphatic imine (C=N–C) groups is 1. The lowest BCUT2D eigenvalue weighted by Gasteiger charge is -2.28. The molecule has 1 aliphatic rings. The van der Waals surface area contributed by atoms with Gasteiger partial charge in [-0.3, -0.25) is 4.99 Å². The molecule has 0 fully saturated rings. The van der Waals surface area contributed by atoms with E-state index in [2.05, 4.69) is 22.8 Å². The number of methoxy groups -OCH3 is 1. The second kappa shape index (κ2) is 7.73. The predicted molar refractivity (Wildman–Crippen MR) is 108 cm³/mol. The average Bonchev–Trinajstić information content (AvgIpc) is 3.12. The highest BCUT2D eigenvalue weighted by molar-refractivity contribution is 7.10. The highest BCUT2D eigenvalue weighted by atomic mass is 32.1. The van der Waals surface area contributed by atoms with Gasteiger partial charge >= 0.3 is 0 Å². The van der Waals surface area contributed by atoms with Gasteiger partial charge in [0.1, 0.15) is 10.8 Å². The first-order valence-corrected chi connectivity index (χ1v) is 9.57. The Kier molecular flexibility index (Phi) is 5.39. The molecule has 1 aromatic heterocycles. The van der Waals surface area contributed by atoms with E-state index in [4.69, 9.17) is 16.3 Å². The molecule has 0 N–H and O–H groups in total. The number of benzene rings is 1. The van der Waals surface area contributed by atoms with Crippen molar-refractivity contribution in [2.24, 2.45) is 4.99 Å². The summed E-state index contributed by atoms with van der Waals surface area (Å²) in [6.07, 6.45) is 0.755. The van der Waals surface area contributed by atoms with Gasteiger partial charge in [-0.05, 0) is 32.4 Å². The first-order chi connectivity index (χ1) is 13.0. The largest absolute Gasteiger partial charge is 0.496 e. The second-order valence-electron chi connectivity index (χ2n) is 6.38. The number of allylic oxidation sites excluding steroid dienone is 1. The lowest BCUT2D eigenvalue weighted by Crippen LogP contribution is -2.29. The van der Waals surface area contributed by atoms with Crippen LogP contribution in [0.2, 0.25) is 0 Å². The summed E-state index contributed by atoms with van der Waals surface area (Å²) < 4.78 is 5.59. The Bertz CT molecular complexity index is 1020. The Labute approximate surface area is 163 Å². The summed E-state index contributed by atoms with van der Waals surface area (Å²) in [6.45, 7) is 13.7. The van der Waals surface area contributed by atoms with Crippen LogP contribution in [0.1, 0.15) is 48.0 Å². The van der Waals surface area contributed by atoms with Crippen molar-refractivity contribution >= 4 is 22.6 Å². The maximum absolute atomic E-state index is 9.22. The van der Waals surface area contributed by atoms with Crippen molar-refractivity contribution in [3.05, 3.63) is 62.5 Å². The van der Waals surface area contributed by atoms with Gasteiger partial charge in [0, 0.05) is 27.9 Å². The van der Waals surface area contributed by atoms with Crippen LogP contribution in [-0.4, -0.2) is 23.8 Å². The van der Waals surface area contributed by atoms with Crippen LogP contribution in [0.4, 0.5) is 0 Å². The van der Waals surface area contributed by atoms with Gasteiger partial charge in [0.05, 0.1) is 30.4 Å². The number of ether oxygens (including phenoxy) is 1. The second-order valence-corrected chi connectivity index (χ2v) is 7.24. The molecular formula is C21H20N4OS. The summed E-state index contributed by atoms with van der Waals surface area (Å²) in [5.41, 5.74) is 5.12. The maximum Gasteiger partial charge on any atom is 0.272 e. The molecule has 0 amide bonds. The lowest BCUT2D eigenvalue weighted by molar-refractivity contribution is 0.408. The van der Waals surface area contributed by atoms with Crippen molar-refractivity contribution in [2.75, 3.05) is 7.11 Å². The molecule has 27 heavy (non-hydrogen) atoms. The number of rotatable bonds is 4. The summed E-state index contributed by atoms with van der Waals surface area (Å²) in [6, 6.07) is 7.12. The molecule has 2 aromatic rings. The van der Waals surface area contributed by atoms with Gasteiger partial charge in [0.15, 0.2) is 0 Å². The topological polar surface area (TPSA) is 62.6 Å². The van der Waals surface area contributed by atoms with Gasteiger partial charge in [0.25, 0.3) is 6.04 Å². The molecule has 0 spiro atoms. The van der Waals surface area contributed by atoms with Gasteiger partial charge in [-0.25, -0.2) is 11.6 Å². The molecule has 1 aromatic carbocycles. The lowest BCUT2D eigenvalue weighted by atomic mass is 9.79. The first-order valence-electron chi connectivity index (χ1n) is 8.69. The van der Waals surface area contributed by atoms with Crippen LogP contribution in [-0.2, 0) is 0 Å². The Morgan fingerprint density at radius 1 is 1.37 bits per heavy atom. The molecule has 1 aliphatic heterocycles. The van der Waals surface area contributed by atoms with Gasteiger partial charge in [-0.2, -0.15) is 5.26 Å². The fourth-order valence-electron chi connectivity index (χ4n) is 3.45. The molecule has 0 bridgehead atoms. The van der Waals surface area contributed by atoms with Crippen LogP contribution in [0.3, 0.4) is 0 Å². The molecule has 3 rings (SSSR count). The number of aromatic nitrogens is 1. The molecule has 5 nitrogen and oxygen atoms in total. The Morgan fingerprint density at radius 3 is 2.70 bits per heavy atom. The van der Waals surface area contributed by atoms with Crippen LogP contribution < -0.4 is 4.74 Å². The monoisotopic (exact) mass is 376 g/mol. The van der Waals surface area contributed by atoms with Crippen molar-refractivity contribution in [1.82, 2.24) is 4.98 Å². The Hall–Kier alpha value is -2.96. The average molecular weight is 376 g/mol. The van der Waals surface area contributed by atoms with Crippen LogP contribution in [0.25, 0.3) is 10.4 Å². The summed E-state index contributed by atoms with van der Waals surface area (Å²) >= 11 is 1.57. The van der Waals surface area contributed by atoms with E-state index in [0.717, 1.165) is 39.7 Å². The van der Waals surface area contributed by atoms with Crippen LogP contribution in [0.5, 0.6) is 5.75 Å². The molecule has 6 heteroatoms. The molecular weight excluding hydrogens is 356 g/mol. The Balaban J connectivity index is 2.29. The highest BCUT2D eigenvalue weighted by Gasteiger charge is 2.41. The number of thiazole rings is 1. The minimum atomic E-state index is -0.429. The van der Waals surface area contributed by atoms with Crippen molar-refractivity contribution in [3.8, 4) is 11.8 Å². The van der Waals surface area contributed by atoms with E-state index in [9.17, 15) is 5.26 Å². The third kappa shape index (κ3) is 3.37. The number of nitriles is 1. The molecule has 0 radical (unpaired) electrons. The van der Waals surface area contributed by atoms with Crippen LogP contribution >= 0.6 is 11.3 Å². The van der Waals surface area contributed by atoms with Gasteiger partial charge in [0.2, 0.25) is 0 Å². The van der Waals surface area contributed by atoms with Gasteiger partial charge in [-0.1, -0.05) is 13.0 Å². The number of nitrogens with zero attached hydrogens (tertiary/aromatic N) is 4. The fraction of sp³-hybridized carbons (Fsp3) is 0.333. The zero-order valence-electron chi connectivity index (χ0n) is 15.8. The van der Waals surface area contributed by atoms with Gasteiger partial charge < -0.3 is 9.58 Å². The van der Waals surface area contributed by atoms with E-state index in [1.807, 2.05) is 25.3 Å². The van der Waals surface area contributed by atoms with Gasteiger partial charge in [-0.15, -0.1) is 11.3 Å². The first kappa shape index (κ1) is 18.8. The van der Waals surface area contributed by atoms with E-state index < -0.39 is 6.04 Å².